The number of rotatable bonds is 10. The summed E-state index contributed by atoms with van der Waals surface area (Å²) in [6.07, 6.45) is 13.2. The first-order valence-electron chi connectivity index (χ1n) is 8.79. The number of ether oxygens (including phenoxy) is 2. The Labute approximate surface area is 134 Å². The molecule has 22 heavy (non-hydrogen) atoms. The maximum absolute atomic E-state index is 11.3. The van der Waals surface area contributed by atoms with E-state index in [4.69, 9.17) is 4.74 Å². The normalized spacial score (nSPS) is 21.4. The van der Waals surface area contributed by atoms with Crippen molar-refractivity contribution >= 4 is 11.9 Å². The highest BCUT2D eigenvalue weighted by molar-refractivity contribution is 5.69. The maximum atomic E-state index is 11.3. The van der Waals surface area contributed by atoms with Gasteiger partial charge in [0.1, 0.15) is 0 Å². The van der Waals surface area contributed by atoms with E-state index in [2.05, 4.69) is 4.74 Å². The molecule has 0 heterocycles. The summed E-state index contributed by atoms with van der Waals surface area (Å²) in [6.45, 7) is 0. The van der Waals surface area contributed by atoms with E-state index in [0.717, 1.165) is 18.8 Å². The summed E-state index contributed by atoms with van der Waals surface area (Å²) in [4.78, 5) is 22.2. The number of carbonyl (C=O) groups excluding carboxylic acids is 2. The molecular weight excluding hydrogens is 280 g/mol. The monoisotopic (exact) mass is 312 g/mol. The molecule has 0 saturated heterocycles. The van der Waals surface area contributed by atoms with Gasteiger partial charge in [-0.1, -0.05) is 44.9 Å². The molecule has 0 aromatic heterocycles. The van der Waals surface area contributed by atoms with Gasteiger partial charge in [-0.15, -0.1) is 0 Å². The lowest BCUT2D eigenvalue weighted by Gasteiger charge is -2.27. The van der Waals surface area contributed by atoms with Crippen molar-refractivity contribution in [1.82, 2.24) is 0 Å². The quantitative estimate of drug-likeness (QED) is 0.447. The Morgan fingerprint density at radius 1 is 0.773 bits per heavy atom. The summed E-state index contributed by atoms with van der Waals surface area (Å²) < 4.78 is 9.37. The fourth-order valence-electron chi connectivity index (χ4n) is 3.38. The highest BCUT2D eigenvalue weighted by Gasteiger charge is 2.22. The summed E-state index contributed by atoms with van der Waals surface area (Å²) in [5.74, 6) is 1.24. The van der Waals surface area contributed by atoms with E-state index in [9.17, 15) is 9.59 Å². The smallest absolute Gasteiger partial charge is 0.305 e. The van der Waals surface area contributed by atoms with Crippen LogP contribution in [0.1, 0.15) is 77.0 Å². The fraction of sp³-hybridized carbons (Fsp3) is 0.889. The van der Waals surface area contributed by atoms with E-state index in [1.54, 1.807) is 0 Å². The minimum Gasteiger partial charge on any atom is -0.469 e. The Morgan fingerprint density at radius 3 is 1.95 bits per heavy atom. The van der Waals surface area contributed by atoms with Crippen LogP contribution in [-0.2, 0) is 19.1 Å². The average molecular weight is 312 g/mol. The molecule has 1 fully saturated rings. The largest absolute Gasteiger partial charge is 0.469 e. The van der Waals surface area contributed by atoms with Gasteiger partial charge in [0.25, 0.3) is 0 Å². The van der Waals surface area contributed by atoms with Gasteiger partial charge in [-0.25, -0.2) is 0 Å². The number of carbonyl (C=O) groups is 2. The summed E-state index contributed by atoms with van der Waals surface area (Å²) in [6, 6.07) is 0. The van der Waals surface area contributed by atoms with Crippen LogP contribution in [0.3, 0.4) is 0 Å². The molecule has 1 rings (SSSR count). The third kappa shape index (κ3) is 8.40. The van der Waals surface area contributed by atoms with E-state index in [1.165, 1.54) is 65.6 Å². The van der Waals surface area contributed by atoms with Crippen LogP contribution in [-0.4, -0.2) is 26.2 Å². The van der Waals surface area contributed by atoms with Crippen molar-refractivity contribution in [3.05, 3.63) is 0 Å². The summed E-state index contributed by atoms with van der Waals surface area (Å²) in [5, 5.41) is 0. The molecule has 1 saturated carbocycles. The molecule has 0 atom stereocenters. The van der Waals surface area contributed by atoms with Crippen molar-refractivity contribution in [1.29, 1.82) is 0 Å². The molecule has 1 aliphatic carbocycles. The zero-order chi connectivity index (χ0) is 16.2. The average Bonchev–Trinajstić information content (AvgIpc) is 2.55. The minimum absolute atomic E-state index is 0.0598. The van der Waals surface area contributed by atoms with Crippen LogP contribution < -0.4 is 0 Å². The Balaban J connectivity index is 1.94. The van der Waals surface area contributed by atoms with Crippen LogP contribution in [0.5, 0.6) is 0 Å². The lowest BCUT2D eigenvalue weighted by atomic mass is 9.78. The molecule has 4 heteroatoms. The molecule has 0 spiro atoms. The molecule has 0 radical (unpaired) electrons. The molecule has 0 unspecified atom stereocenters. The Morgan fingerprint density at radius 2 is 1.32 bits per heavy atom. The van der Waals surface area contributed by atoms with Crippen molar-refractivity contribution < 1.29 is 19.1 Å². The lowest BCUT2D eigenvalue weighted by molar-refractivity contribution is -0.142. The highest BCUT2D eigenvalue weighted by atomic mass is 16.5. The van der Waals surface area contributed by atoms with Crippen molar-refractivity contribution in [3.8, 4) is 0 Å². The van der Waals surface area contributed by atoms with Crippen LogP contribution in [0.2, 0.25) is 0 Å². The lowest BCUT2D eigenvalue weighted by Crippen LogP contribution is -2.18. The van der Waals surface area contributed by atoms with Gasteiger partial charge in [0.2, 0.25) is 0 Å². The van der Waals surface area contributed by atoms with Crippen molar-refractivity contribution in [2.75, 3.05) is 14.2 Å². The van der Waals surface area contributed by atoms with E-state index >= 15 is 0 Å². The van der Waals surface area contributed by atoms with E-state index in [0.29, 0.717) is 18.8 Å². The Bertz CT molecular complexity index is 319. The molecule has 1 aliphatic rings. The first kappa shape index (κ1) is 19.0. The number of unbranched alkanes of at least 4 members (excludes halogenated alkanes) is 4. The predicted molar refractivity (Wildman–Crippen MR) is 86.4 cm³/mol. The third-order valence-electron chi connectivity index (χ3n) is 4.87. The summed E-state index contributed by atoms with van der Waals surface area (Å²) in [5.41, 5.74) is 0. The second kappa shape index (κ2) is 11.5. The van der Waals surface area contributed by atoms with Crippen LogP contribution in [0, 0.1) is 11.8 Å². The van der Waals surface area contributed by atoms with Crippen LogP contribution >= 0.6 is 0 Å². The van der Waals surface area contributed by atoms with Gasteiger partial charge >= 0.3 is 11.9 Å². The van der Waals surface area contributed by atoms with Crippen molar-refractivity contribution in [2.45, 2.75) is 77.0 Å². The van der Waals surface area contributed by atoms with Gasteiger partial charge in [-0.2, -0.15) is 0 Å². The minimum atomic E-state index is -0.0938. The first-order valence-corrected chi connectivity index (χ1v) is 8.79. The number of methoxy groups -OCH3 is 2. The zero-order valence-electron chi connectivity index (χ0n) is 14.3. The molecule has 0 aromatic rings. The van der Waals surface area contributed by atoms with Gasteiger partial charge in [0, 0.05) is 12.8 Å². The van der Waals surface area contributed by atoms with Gasteiger partial charge in [0.15, 0.2) is 0 Å². The van der Waals surface area contributed by atoms with Gasteiger partial charge in [0.05, 0.1) is 14.2 Å². The van der Waals surface area contributed by atoms with E-state index < -0.39 is 0 Å². The van der Waals surface area contributed by atoms with E-state index in [-0.39, 0.29) is 11.9 Å². The van der Waals surface area contributed by atoms with Gasteiger partial charge < -0.3 is 9.47 Å². The van der Waals surface area contributed by atoms with Crippen LogP contribution in [0.15, 0.2) is 0 Å². The molecule has 0 bridgehead atoms. The number of esters is 2. The van der Waals surface area contributed by atoms with Crippen LogP contribution in [0.4, 0.5) is 0 Å². The predicted octanol–water partition coefficient (Wildman–Crippen LogP) is 4.26. The Kier molecular flexibility index (Phi) is 9.93. The summed E-state index contributed by atoms with van der Waals surface area (Å²) >= 11 is 0. The zero-order valence-corrected chi connectivity index (χ0v) is 14.3. The molecule has 0 amide bonds. The van der Waals surface area contributed by atoms with Crippen LogP contribution in [0.25, 0.3) is 0 Å². The summed E-state index contributed by atoms with van der Waals surface area (Å²) in [7, 11) is 2.92. The Hall–Kier alpha value is -1.06. The topological polar surface area (TPSA) is 52.6 Å². The van der Waals surface area contributed by atoms with Gasteiger partial charge in [-0.05, 0) is 31.1 Å². The SMILES string of the molecule is COC(=O)CCCCCCCC1CCC(CC(=O)OC)CC1. The van der Waals surface area contributed by atoms with Crippen molar-refractivity contribution in [3.63, 3.8) is 0 Å². The van der Waals surface area contributed by atoms with Crippen molar-refractivity contribution in [2.24, 2.45) is 11.8 Å². The molecular formula is C18H32O4. The molecule has 4 nitrogen and oxygen atoms in total. The second-order valence-electron chi connectivity index (χ2n) is 6.55. The number of hydrogen-bond donors (Lipinski definition) is 0. The standard InChI is InChI=1S/C18H32O4/c1-21-17(19)9-7-5-3-4-6-8-15-10-12-16(13-11-15)14-18(20)22-2/h15-16H,3-14H2,1-2H3. The molecule has 0 aromatic carbocycles. The maximum Gasteiger partial charge on any atom is 0.305 e. The third-order valence-corrected chi connectivity index (χ3v) is 4.87. The second-order valence-corrected chi connectivity index (χ2v) is 6.55. The molecule has 0 N–H and O–H groups in total. The highest BCUT2D eigenvalue weighted by Crippen LogP contribution is 2.33. The van der Waals surface area contributed by atoms with E-state index in [1.807, 2.05) is 0 Å². The first-order chi connectivity index (χ1) is 10.7. The fourth-order valence-corrected chi connectivity index (χ4v) is 3.38. The number of hydrogen-bond acceptors (Lipinski definition) is 4. The molecule has 128 valence electrons. The molecule has 0 aliphatic heterocycles. The van der Waals surface area contributed by atoms with Gasteiger partial charge in [-0.3, -0.25) is 9.59 Å².